The van der Waals surface area contributed by atoms with Gasteiger partial charge in [-0.05, 0) is 24.3 Å². The lowest BCUT2D eigenvalue weighted by Crippen LogP contribution is -2.35. The molecule has 2 heterocycles. The number of carboxylic acids is 1. The second-order valence-corrected chi connectivity index (χ2v) is 4.24. The van der Waals surface area contributed by atoms with Crippen molar-refractivity contribution in [2.45, 2.75) is 19.9 Å². The normalized spacial score (nSPS) is 10.5. The van der Waals surface area contributed by atoms with Crippen LogP contribution in [0.15, 0.2) is 22.8 Å². The van der Waals surface area contributed by atoms with Gasteiger partial charge in [0, 0.05) is 13.1 Å². The molecule has 0 aliphatic rings. The minimum atomic E-state index is -0.944. The molecule has 0 aromatic carbocycles. The first-order chi connectivity index (χ1) is 10.1. The molecule has 9 nitrogen and oxygen atoms in total. The maximum absolute atomic E-state index is 12.0. The predicted octanol–water partition coefficient (Wildman–Crippen LogP) is 0.256. The van der Waals surface area contributed by atoms with Crippen LogP contribution in [0, 0.1) is 0 Å². The summed E-state index contributed by atoms with van der Waals surface area (Å²) in [6, 6.07) is 3.39. The number of rotatable bonds is 7. The van der Waals surface area contributed by atoms with Crippen LogP contribution in [0.25, 0.3) is 11.6 Å². The molecule has 2 aromatic heterocycles. The number of furan rings is 1. The number of aromatic nitrogens is 4. The number of carbonyl (C=O) groups excluding carboxylic acids is 1. The van der Waals surface area contributed by atoms with Crippen LogP contribution >= 0.6 is 0 Å². The maximum atomic E-state index is 12.0. The zero-order valence-electron chi connectivity index (χ0n) is 11.5. The second kappa shape index (κ2) is 6.64. The Bertz CT molecular complexity index is 607. The Balaban J connectivity index is 1.97. The average Bonchev–Trinajstić information content (AvgIpc) is 3.09. The van der Waals surface area contributed by atoms with Crippen LogP contribution in [-0.4, -0.2) is 55.2 Å². The van der Waals surface area contributed by atoms with Crippen LogP contribution in [0.5, 0.6) is 0 Å². The Kier molecular flexibility index (Phi) is 4.64. The number of carboxylic acid groups (broad SMARTS) is 1. The smallest absolute Gasteiger partial charge is 0.305 e. The molecule has 0 bridgehead atoms. The number of nitrogens with zero attached hydrogens (tertiary/aromatic N) is 5. The Morgan fingerprint density at radius 1 is 1.48 bits per heavy atom. The van der Waals surface area contributed by atoms with E-state index in [0.717, 1.165) is 4.80 Å². The van der Waals surface area contributed by atoms with Gasteiger partial charge in [0.25, 0.3) is 0 Å². The summed E-state index contributed by atoms with van der Waals surface area (Å²) in [4.78, 5) is 25.2. The summed E-state index contributed by atoms with van der Waals surface area (Å²) in [7, 11) is 0. The van der Waals surface area contributed by atoms with Gasteiger partial charge in [-0.3, -0.25) is 9.59 Å². The van der Waals surface area contributed by atoms with E-state index in [4.69, 9.17) is 9.52 Å². The van der Waals surface area contributed by atoms with E-state index in [-0.39, 0.29) is 25.4 Å². The van der Waals surface area contributed by atoms with Crippen molar-refractivity contribution in [1.29, 1.82) is 0 Å². The Morgan fingerprint density at radius 3 is 2.90 bits per heavy atom. The Labute approximate surface area is 120 Å². The molecular weight excluding hydrogens is 278 g/mol. The summed E-state index contributed by atoms with van der Waals surface area (Å²) in [5.41, 5.74) is 0. The molecule has 0 unspecified atom stereocenters. The van der Waals surface area contributed by atoms with Gasteiger partial charge < -0.3 is 14.4 Å². The predicted molar refractivity (Wildman–Crippen MR) is 70.0 cm³/mol. The summed E-state index contributed by atoms with van der Waals surface area (Å²) >= 11 is 0. The fourth-order valence-electron chi connectivity index (χ4n) is 1.73. The first-order valence-corrected chi connectivity index (χ1v) is 6.41. The highest BCUT2D eigenvalue weighted by Crippen LogP contribution is 2.12. The fourth-order valence-corrected chi connectivity index (χ4v) is 1.73. The van der Waals surface area contributed by atoms with Crippen LogP contribution in [-0.2, 0) is 16.1 Å². The molecular formula is C12H15N5O4. The number of tetrazole rings is 1. The molecule has 1 amide bonds. The fraction of sp³-hybridized carbons (Fsp3) is 0.417. The molecule has 0 saturated heterocycles. The van der Waals surface area contributed by atoms with Crippen molar-refractivity contribution >= 4 is 11.9 Å². The minimum absolute atomic E-state index is 0.0952. The van der Waals surface area contributed by atoms with Gasteiger partial charge in [0.15, 0.2) is 5.76 Å². The van der Waals surface area contributed by atoms with Crippen molar-refractivity contribution in [3.8, 4) is 11.6 Å². The van der Waals surface area contributed by atoms with Crippen molar-refractivity contribution in [1.82, 2.24) is 25.1 Å². The third-order valence-electron chi connectivity index (χ3n) is 2.80. The van der Waals surface area contributed by atoms with E-state index < -0.39 is 5.97 Å². The zero-order valence-corrected chi connectivity index (χ0v) is 11.5. The van der Waals surface area contributed by atoms with Crippen LogP contribution < -0.4 is 0 Å². The summed E-state index contributed by atoms with van der Waals surface area (Å²) < 4.78 is 5.13. The highest BCUT2D eigenvalue weighted by Gasteiger charge is 2.16. The van der Waals surface area contributed by atoms with Crippen LogP contribution in [0.2, 0.25) is 0 Å². The van der Waals surface area contributed by atoms with Crippen LogP contribution in [0.4, 0.5) is 0 Å². The van der Waals surface area contributed by atoms with Crippen LogP contribution in [0.1, 0.15) is 13.3 Å². The number of hydrogen-bond donors (Lipinski definition) is 1. The van der Waals surface area contributed by atoms with Crippen molar-refractivity contribution in [3.05, 3.63) is 18.4 Å². The molecule has 112 valence electrons. The van der Waals surface area contributed by atoms with E-state index in [1.165, 1.54) is 11.2 Å². The third-order valence-corrected chi connectivity index (χ3v) is 2.80. The van der Waals surface area contributed by atoms with Gasteiger partial charge in [-0.15, -0.1) is 10.2 Å². The lowest BCUT2D eigenvalue weighted by molar-refractivity contribution is -0.138. The molecule has 2 aromatic rings. The van der Waals surface area contributed by atoms with Crippen molar-refractivity contribution in [3.63, 3.8) is 0 Å². The van der Waals surface area contributed by atoms with Crippen molar-refractivity contribution in [2.24, 2.45) is 0 Å². The highest BCUT2D eigenvalue weighted by molar-refractivity contribution is 5.76. The van der Waals surface area contributed by atoms with E-state index in [0.29, 0.717) is 18.1 Å². The average molecular weight is 293 g/mol. The molecule has 0 fully saturated rings. The molecule has 9 heteroatoms. The number of hydrogen-bond acceptors (Lipinski definition) is 6. The Morgan fingerprint density at radius 2 is 2.29 bits per heavy atom. The maximum Gasteiger partial charge on any atom is 0.305 e. The minimum Gasteiger partial charge on any atom is -0.481 e. The standard InChI is InChI=1S/C12H15N5O4/c1-2-16(6-5-11(19)20)10(18)8-17-14-12(13-15-17)9-4-3-7-21-9/h3-4,7H,2,5-6,8H2,1H3,(H,19,20). The molecule has 0 spiro atoms. The third kappa shape index (κ3) is 3.88. The van der Waals surface area contributed by atoms with Gasteiger partial charge in [0.05, 0.1) is 12.7 Å². The van der Waals surface area contributed by atoms with Crippen molar-refractivity contribution in [2.75, 3.05) is 13.1 Å². The van der Waals surface area contributed by atoms with Gasteiger partial charge in [0.1, 0.15) is 6.54 Å². The number of likely N-dealkylation sites (N-methyl/N-ethyl adjacent to an activating group) is 1. The number of amides is 1. The van der Waals surface area contributed by atoms with Crippen LogP contribution in [0.3, 0.4) is 0 Å². The van der Waals surface area contributed by atoms with Gasteiger partial charge >= 0.3 is 5.97 Å². The quantitative estimate of drug-likeness (QED) is 0.778. The van der Waals surface area contributed by atoms with Crippen molar-refractivity contribution < 1.29 is 19.1 Å². The topological polar surface area (TPSA) is 114 Å². The first kappa shape index (κ1) is 14.7. The van der Waals surface area contributed by atoms with Gasteiger partial charge in [-0.1, -0.05) is 0 Å². The SMILES string of the molecule is CCN(CCC(=O)O)C(=O)Cn1nnc(-c2ccco2)n1. The monoisotopic (exact) mass is 293 g/mol. The second-order valence-electron chi connectivity index (χ2n) is 4.24. The van der Waals surface area contributed by atoms with E-state index in [1.807, 2.05) is 0 Å². The van der Waals surface area contributed by atoms with E-state index in [2.05, 4.69) is 15.4 Å². The largest absolute Gasteiger partial charge is 0.481 e. The molecule has 0 saturated carbocycles. The zero-order chi connectivity index (χ0) is 15.2. The summed E-state index contributed by atoms with van der Waals surface area (Å²) in [6.45, 7) is 2.26. The molecule has 21 heavy (non-hydrogen) atoms. The summed E-state index contributed by atoms with van der Waals surface area (Å²) in [5, 5.41) is 20.3. The summed E-state index contributed by atoms with van der Waals surface area (Å²) in [5.74, 6) is -0.448. The first-order valence-electron chi connectivity index (χ1n) is 6.41. The molecule has 0 radical (unpaired) electrons. The Hall–Kier alpha value is -2.71. The van der Waals surface area contributed by atoms with E-state index >= 15 is 0 Å². The number of carbonyl (C=O) groups is 2. The van der Waals surface area contributed by atoms with Gasteiger partial charge in [-0.2, -0.15) is 4.80 Å². The molecule has 0 aliphatic carbocycles. The highest BCUT2D eigenvalue weighted by atomic mass is 16.4. The van der Waals surface area contributed by atoms with E-state index in [9.17, 15) is 9.59 Å². The van der Waals surface area contributed by atoms with Gasteiger partial charge in [0.2, 0.25) is 11.7 Å². The molecule has 2 rings (SSSR count). The lowest BCUT2D eigenvalue weighted by atomic mass is 10.3. The number of aliphatic carboxylic acids is 1. The molecule has 0 atom stereocenters. The molecule has 1 N–H and O–H groups in total. The van der Waals surface area contributed by atoms with Gasteiger partial charge in [-0.25, -0.2) is 0 Å². The van der Waals surface area contributed by atoms with E-state index in [1.54, 1.807) is 19.1 Å². The molecule has 0 aliphatic heterocycles. The lowest BCUT2D eigenvalue weighted by Gasteiger charge is -2.19. The summed E-state index contributed by atoms with van der Waals surface area (Å²) in [6.07, 6.45) is 1.40.